The zero-order valence-electron chi connectivity index (χ0n) is 11.9. The lowest BCUT2D eigenvalue weighted by Crippen LogP contribution is -2.23. The summed E-state index contributed by atoms with van der Waals surface area (Å²) in [6.45, 7) is 6.69. The van der Waals surface area contributed by atoms with Crippen molar-refractivity contribution in [1.82, 2.24) is 4.90 Å². The molecule has 106 valence electrons. The number of ether oxygens (including phenoxy) is 1. The van der Waals surface area contributed by atoms with Crippen molar-refractivity contribution in [3.8, 4) is 0 Å². The van der Waals surface area contributed by atoms with E-state index in [1.807, 2.05) is 19.9 Å². The quantitative estimate of drug-likeness (QED) is 0.784. The van der Waals surface area contributed by atoms with E-state index in [9.17, 15) is 4.79 Å². The first kappa shape index (κ1) is 14.1. The molecule has 4 heteroatoms. The second-order valence-electron chi connectivity index (χ2n) is 5.41. The van der Waals surface area contributed by atoms with Gasteiger partial charge in [-0.2, -0.15) is 0 Å². The summed E-state index contributed by atoms with van der Waals surface area (Å²) in [6.07, 6.45) is 5.03. The molecule has 0 unspecified atom stereocenters. The minimum Gasteiger partial charge on any atom is -0.457 e. The Kier molecular flexibility index (Phi) is 5.02. The van der Waals surface area contributed by atoms with E-state index in [2.05, 4.69) is 4.90 Å². The van der Waals surface area contributed by atoms with E-state index in [-0.39, 0.29) is 12.1 Å². The molecule has 1 aromatic heterocycles. The van der Waals surface area contributed by atoms with Crippen LogP contribution in [-0.4, -0.2) is 30.1 Å². The molecule has 4 nitrogen and oxygen atoms in total. The van der Waals surface area contributed by atoms with Gasteiger partial charge in [0.25, 0.3) is 0 Å². The standard InChI is InChI=1S/C15H23NO3/c1-12(2)18-15(17)14-8-7-13(19-14)11-16-9-5-3-4-6-10-16/h7-8,12H,3-6,9-11H2,1-2H3. The van der Waals surface area contributed by atoms with Crippen molar-refractivity contribution in [2.45, 2.75) is 52.2 Å². The van der Waals surface area contributed by atoms with Crippen LogP contribution >= 0.6 is 0 Å². The zero-order valence-corrected chi connectivity index (χ0v) is 11.9. The molecule has 0 aromatic carbocycles. The Morgan fingerprint density at radius 2 is 1.95 bits per heavy atom. The Morgan fingerprint density at radius 3 is 2.58 bits per heavy atom. The van der Waals surface area contributed by atoms with Crippen LogP contribution < -0.4 is 0 Å². The van der Waals surface area contributed by atoms with Crippen LogP contribution in [0.3, 0.4) is 0 Å². The monoisotopic (exact) mass is 265 g/mol. The number of hydrogen-bond donors (Lipinski definition) is 0. The van der Waals surface area contributed by atoms with E-state index >= 15 is 0 Å². The van der Waals surface area contributed by atoms with Gasteiger partial charge in [-0.3, -0.25) is 4.90 Å². The Morgan fingerprint density at radius 1 is 1.26 bits per heavy atom. The molecule has 1 aliphatic heterocycles. The second kappa shape index (κ2) is 6.75. The number of furan rings is 1. The number of likely N-dealkylation sites (tertiary alicyclic amines) is 1. The summed E-state index contributed by atoms with van der Waals surface area (Å²) >= 11 is 0. The maximum Gasteiger partial charge on any atom is 0.374 e. The molecular formula is C15H23NO3. The summed E-state index contributed by atoms with van der Waals surface area (Å²) in [5.74, 6) is 0.772. The van der Waals surface area contributed by atoms with E-state index in [1.54, 1.807) is 6.07 Å². The minimum absolute atomic E-state index is 0.119. The molecule has 0 radical (unpaired) electrons. The number of carbonyl (C=O) groups excluding carboxylic acids is 1. The van der Waals surface area contributed by atoms with Gasteiger partial charge < -0.3 is 9.15 Å². The number of hydrogen-bond acceptors (Lipinski definition) is 4. The van der Waals surface area contributed by atoms with Gasteiger partial charge in [0.05, 0.1) is 12.6 Å². The maximum atomic E-state index is 11.7. The fourth-order valence-electron chi connectivity index (χ4n) is 2.36. The summed E-state index contributed by atoms with van der Waals surface area (Å²) in [5.41, 5.74) is 0. The molecule has 0 atom stereocenters. The van der Waals surface area contributed by atoms with Crippen molar-refractivity contribution in [1.29, 1.82) is 0 Å². The van der Waals surface area contributed by atoms with Crippen LogP contribution in [0.1, 0.15) is 55.8 Å². The van der Waals surface area contributed by atoms with E-state index in [4.69, 9.17) is 9.15 Å². The third kappa shape index (κ3) is 4.39. The van der Waals surface area contributed by atoms with Gasteiger partial charge in [-0.1, -0.05) is 12.8 Å². The predicted octanol–water partition coefficient (Wildman–Crippen LogP) is 3.22. The highest BCUT2D eigenvalue weighted by atomic mass is 16.6. The van der Waals surface area contributed by atoms with Crippen LogP contribution in [0.4, 0.5) is 0 Å². The molecule has 1 saturated heterocycles. The summed E-state index contributed by atoms with van der Waals surface area (Å²) in [6, 6.07) is 3.58. The zero-order chi connectivity index (χ0) is 13.7. The lowest BCUT2D eigenvalue weighted by Gasteiger charge is -2.17. The molecule has 1 aromatic rings. The third-order valence-electron chi connectivity index (χ3n) is 3.28. The Hall–Kier alpha value is -1.29. The number of nitrogens with zero attached hydrogens (tertiary/aromatic N) is 1. The SMILES string of the molecule is CC(C)OC(=O)c1ccc(CN2CCCCCC2)o1. The van der Waals surface area contributed by atoms with Crippen molar-refractivity contribution in [3.63, 3.8) is 0 Å². The van der Waals surface area contributed by atoms with Gasteiger partial charge in [0.1, 0.15) is 5.76 Å². The molecule has 2 rings (SSSR count). The highest BCUT2D eigenvalue weighted by Crippen LogP contribution is 2.16. The molecule has 0 amide bonds. The van der Waals surface area contributed by atoms with Crippen molar-refractivity contribution in [2.24, 2.45) is 0 Å². The number of esters is 1. The number of rotatable bonds is 4. The first-order valence-corrected chi connectivity index (χ1v) is 7.17. The van der Waals surface area contributed by atoms with E-state index in [0.717, 1.165) is 25.4 Å². The lowest BCUT2D eigenvalue weighted by atomic mass is 10.2. The highest BCUT2D eigenvalue weighted by Gasteiger charge is 2.16. The smallest absolute Gasteiger partial charge is 0.374 e. The molecule has 1 fully saturated rings. The summed E-state index contributed by atoms with van der Waals surface area (Å²) < 4.78 is 10.7. The molecule has 0 saturated carbocycles. The molecule has 1 aliphatic rings. The topological polar surface area (TPSA) is 42.7 Å². The predicted molar refractivity (Wildman–Crippen MR) is 73.0 cm³/mol. The van der Waals surface area contributed by atoms with E-state index in [1.165, 1.54) is 25.7 Å². The Balaban J connectivity index is 1.91. The van der Waals surface area contributed by atoms with Crippen molar-refractivity contribution in [2.75, 3.05) is 13.1 Å². The molecule has 2 heterocycles. The average molecular weight is 265 g/mol. The van der Waals surface area contributed by atoms with Crippen LogP contribution in [0.2, 0.25) is 0 Å². The Bertz CT molecular complexity index is 403. The van der Waals surface area contributed by atoms with Gasteiger partial charge in [-0.05, 0) is 51.9 Å². The van der Waals surface area contributed by atoms with Gasteiger partial charge in [0, 0.05) is 0 Å². The first-order chi connectivity index (χ1) is 9.15. The summed E-state index contributed by atoms with van der Waals surface area (Å²) in [4.78, 5) is 14.1. The highest BCUT2D eigenvalue weighted by molar-refractivity contribution is 5.86. The first-order valence-electron chi connectivity index (χ1n) is 7.17. The van der Waals surface area contributed by atoms with Crippen LogP contribution in [0.5, 0.6) is 0 Å². The normalized spacial score (nSPS) is 17.4. The fourth-order valence-corrected chi connectivity index (χ4v) is 2.36. The molecule has 0 spiro atoms. The molecule has 0 aliphatic carbocycles. The van der Waals surface area contributed by atoms with Gasteiger partial charge >= 0.3 is 5.97 Å². The third-order valence-corrected chi connectivity index (χ3v) is 3.28. The summed E-state index contributed by atoms with van der Waals surface area (Å²) in [5, 5.41) is 0. The minimum atomic E-state index is -0.378. The van der Waals surface area contributed by atoms with Gasteiger partial charge in [-0.25, -0.2) is 4.79 Å². The van der Waals surface area contributed by atoms with Gasteiger partial charge in [0.15, 0.2) is 0 Å². The van der Waals surface area contributed by atoms with Crippen molar-refractivity contribution in [3.05, 3.63) is 23.7 Å². The van der Waals surface area contributed by atoms with E-state index < -0.39 is 0 Å². The summed E-state index contributed by atoms with van der Waals surface area (Å²) in [7, 11) is 0. The number of carbonyl (C=O) groups is 1. The van der Waals surface area contributed by atoms with E-state index in [0.29, 0.717) is 5.76 Å². The largest absolute Gasteiger partial charge is 0.457 e. The van der Waals surface area contributed by atoms with Crippen LogP contribution in [0.15, 0.2) is 16.5 Å². The van der Waals surface area contributed by atoms with Crippen LogP contribution in [-0.2, 0) is 11.3 Å². The van der Waals surface area contributed by atoms with Gasteiger partial charge in [0.2, 0.25) is 5.76 Å². The molecule has 0 N–H and O–H groups in total. The average Bonchev–Trinajstić information content (AvgIpc) is 2.65. The van der Waals surface area contributed by atoms with Crippen LogP contribution in [0.25, 0.3) is 0 Å². The Labute approximate surface area is 114 Å². The van der Waals surface area contributed by atoms with Crippen LogP contribution in [0, 0.1) is 0 Å². The lowest BCUT2D eigenvalue weighted by molar-refractivity contribution is 0.0338. The van der Waals surface area contributed by atoms with Gasteiger partial charge in [-0.15, -0.1) is 0 Å². The second-order valence-corrected chi connectivity index (χ2v) is 5.41. The van der Waals surface area contributed by atoms with Crippen molar-refractivity contribution >= 4 is 5.97 Å². The maximum absolute atomic E-state index is 11.7. The van der Waals surface area contributed by atoms with Crippen molar-refractivity contribution < 1.29 is 13.9 Å². The molecular weight excluding hydrogens is 242 g/mol. The fraction of sp³-hybridized carbons (Fsp3) is 0.667. The molecule has 19 heavy (non-hydrogen) atoms. The molecule has 0 bridgehead atoms.